The number of hydrogen-bond acceptors (Lipinski definition) is 1. The molecule has 0 saturated carbocycles. The van der Waals surface area contributed by atoms with Gasteiger partial charge in [0.05, 0.1) is 0 Å². The van der Waals surface area contributed by atoms with Gasteiger partial charge in [0.25, 0.3) is 0 Å². The summed E-state index contributed by atoms with van der Waals surface area (Å²) in [5.41, 5.74) is 0. The molecule has 0 heterocycles. The molecule has 2 aromatic carbocycles. The van der Waals surface area contributed by atoms with Crippen molar-refractivity contribution in [3.63, 3.8) is 0 Å². The Morgan fingerprint density at radius 3 is 1.77 bits per heavy atom. The third-order valence-electron chi connectivity index (χ3n) is 1.31. The summed E-state index contributed by atoms with van der Waals surface area (Å²) in [6.07, 6.45) is 0. The first-order valence-corrected chi connectivity index (χ1v) is 4.06. The van der Waals surface area contributed by atoms with Crippen molar-refractivity contribution in [3.8, 4) is 5.75 Å². The molecular formula is C10H9FeOSi. The van der Waals surface area contributed by atoms with E-state index in [1.165, 1.54) is 0 Å². The Morgan fingerprint density at radius 2 is 1.54 bits per heavy atom. The van der Waals surface area contributed by atoms with Crippen LogP contribution in [0, 0.1) is 0 Å². The summed E-state index contributed by atoms with van der Waals surface area (Å²) in [6.45, 7) is 0. The summed E-state index contributed by atoms with van der Waals surface area (Å²) in [7, 11) is 2.88. The molecule has 0 saturated heterocycles. The van der Waals surface area contributed by atoms with Gasteiger partial charge in [0.15, 0.2) is 0 Å². The molecule has 2 rings (SSSR count). The molecule has 13 heavy (non-hydrogen) atoms. The molecule has 0 aromatic heterocycles. The van der Waals surface area contributed by atoms with Crippen LogP contribution in [0.2, 0.25) is 0 Å². The maximum Gasteiger partial charge on any atom is 2.00 e. The first kappa shape index (κ1) is 12.2. The van der Waals surface area contributed by atoms with Crippen LogP contribution in [0.25, 0.3) is 0 Å². The summed E-state index contributed by atoms with van der Waals surface area (Å²) in [4.78, 5) is 0. The van der Waals surface area contributed by atoms with Gasteiger partial charge in [-0.3, -0.25) is 0 Å². The molecule has 0 aliphatic heterocycles. The third-order valence-corrected chi connectivity index (χ3v) is 1.54. The Bertz CT molecular complexity index is 246. The Labute approximate surface area is 92.5 Å². The maximum atomic E-state index is 4.66. The summed E-state index contributed by atoms with van der Waals surface area (Å²) >= 11 is 0. The molecule has 1 nitrogen and oxygen atoms in total. The summed E-state index contributed by atoms with van der Waals surface area (Å²) in [6, 6.07) is 17.6. The van der Waals surface area contributed by atoms with E-state index in [0.29, 0.717) is 0 Å². The topological polar surface area (TPSA) is 9.23 Å². The molecule has 0 aliphatic carbocycles. The molecule has 0 aliphatic rings. The second-order valence-electron chi connectivity index (χ2n) is 2.18. The monoisotopic (exact) mass is 229 g/mol. The van der Waals surface area contributed by atoms with Crippen molar-refractivity contribution < 1.29 is 21.5 Å². The van der Waals surface area contributed by atoms with Crippen molar-refractivity contribution in [2.45, 2.75) is 0 Å². The van der Waals surface area contributed by atoms with Crippen LogP contribution in [-0.4, -0.2) is 10.5 Å². The number of rotatable bonds is 1. The molecule has 67 valence electrons. The van der Waals surface area contributed by atoms with Gasteiger partial charge in [-0.25, -0.2) is 24.3 Å². The van der Waals surface area contributed by atoms with E-state index in [1.807, 2.05) is 54.6 Å². The van der Waals surface area contributed by atoms with E-state index in [-0.39, 0.29) is 17.1 Å². The predicted octanol–water partition coefficient (Wildman–Crippen LogP) is 2.27. The molecule has 3 radical (unpaired) electrons. The van der Waals surface area contributed by atoms with E-state index in [4.69, 9.17) is 0 Å². The SMILES string of the molecule is [Fe+2].[Si]O[c-]1cccc1.c1cc[cH-]c1. The summed E-state index contributed by atoms with van der Waals surface area (Å²) in [5.74, 6) is 0.844. The Balaban J connectivity index is 0.000000215. The molecular weight excluding hydrogens is 220 g/mol. The fourth-order valence-corrected chi connectivity index (χ4v) is 0.881. The predicted molar refractivity (Wildman–Crippen MR) is 50.5 cm³/mol. The molecule has 0 N–H and O–H groups in total. The molecule has 0 spiro atoms. The smallest absolute Gasteiger partial charge is 0.602 e. The van der Waals surface area contributed by atoms with Crippen molar-refractivity contribution in [2.75, 3.05) is 0 Å². The van der Waals surface area contributed by atoms with Crippen LogP contribution >= 0.6 is 0 Å². The van der Waals surface area contributed by atoms with Gasteiger partial charge in [0.2, 0.25) is 0 Å². The van der Waals surface area contributed by atoms with Gasteiger partial charge in [-0.05, 0) is 5.75 Å². The van der Waals surface area contributed by atoms with E-state index < -0.39 is 0 Å². The van der Waals surface area contributed by atoms with Crippen molar-refractivity contribution in [3.05, 3.63) is 54.6 Å². The van der Waals surface area contributed by atoms with Crippen LogP contribution in [0.5, 0.6) is 5.75 Å². The molecule has 2 aromatic rings. The summed E-state index contributed by atoms with van der Waals surface area (Å²) in [5, 5.41) is 0. The van der Waals surface area contributed by atoms with Gasteiger partial charge in [-0.2, -0.15) is 18.2 Å². The second-order valence-corrected chi connectivity index (χ2v) is 2.39. The van der Waals surface area contributed by atoms with Gasteiger partial charge in [0, 0.05) is 0 Å². The van der Waals surface area contributed by atoms with Crippen LogP contribution in [0.4, 0.5) is 0 Å². The molecule has 3 heteroatoms. The van der Waals surface area contributed by atoms with Crippen LogP contribution in [-0.2, 0) is 17.1 Å². The largest absolute Gasteiger partial charge is 2.00 e. The first-order valence-electron chi connectivity index (χ1n) is 3.65. The van der Waals surface area contributed by atoms with Crippen LogP contribution in [0.1, 0.15) is 0 Å². The zero-order valence-corrected chi connectivity index (χ0v) is 9.06. The normalized spacial score (nSPS) is 7.77. The van der Waals surface area contributed by atoms with E-state index in [9.17, 15) is 0 Å². The fourth-order valence-electron chi connectivity index (χ4n) is 0.745. The molecule has 0 fully saturated rings. The van der Waals surface area contributed by atoms with Gasteiger partial charge < -0.3 is 4.43 Å². The van der Waals surface area contributed by atoms with E-state index in [2.05, 4.69) is 14.9 Å². The van der Waals surface area contributed by atoms with E-state index >= 15 is 0 Å². The Kier molecular flexibility index (Phi) is 7.40. The minimum Gasteiger partial charge on any atom is -0.602 e. The van der Waals surface area contributed by atoms with Crippen LogP contribution < -0.4 is 4.43 Å². The quantitative estimate of drug-likeness (QED) is 0.538. The second kappa shape index (κ2) is 7.86. The van der Waals surface area contributed by atoms with Crippen LogP contribution in [0.15, 0.2) is 54.6 Å². The Morgan fingerprint density at radius 1 is 1.00 bits per heavy atom. The maximum absolute atomic E-state index is 4.66. The molecule has 0 atom stereocenters. The molecule has 0 amide bonds. The van der Waals surface area contributed by atoms with Crippen molar-refractivity contribution in [1.82, 2.24) is 0 Å². The average molecular weight is 229 g/mol. The number of hydrogen-bond donors (Lipinski definition) is 0. The van der Waals surface area contributed by atoms with Crippen molar-refractivity contribution in [1.29, 1.82) is 0 Å². The average Bonchev–Trinajstić information content (AvgIpc) is 2.81. The van der Waals surface area contributed by atoms with Gasteiger partial charge in [0.1, 0.15) is 0 Å². The fraction of sp³-hybridized carbons (Fsp3) is 0. The van der Waals surface area contributed by atoms with Gasteiger partial charge in [-0.15, -0.1) is 12.1 Å². The van der Waals surface area contributed by atoms with E-state index in [0.717, 1.165) is 5.75 Å². The molecule has 0 bridgehead atoms. The van der Waals surface area contributed by atoms with Gasteiger partial charge >= 0.3 is 27.6 Å². The van der Waals surface area contributed by atoms with Gasteiger partial charge in [-0.1, -0.05) is 0 Å². The summed E-state index contributed by atoms with van der Waals surface area (Å²) < 4.78 is 4.66. The Hall–Kier alpha value is -0.764. The standard InChI is InChI=1S/C5H4OSi.C5H5.Fe/c7-6-5-3-1-2-4-5;1-2-4-5-3-1;/h1-4H;1-5H;/q2*-1;+2. The zero-order valence-electron chi connectivity index (χ0n) is 6.96. The first-order chi connectivity index (χ1) is 5.93. The van der Waals surface area contributed by atoms with Crippen molar-refractivity contribution >= 4 is 10.5 Å². The van der Waals surface area contributed by atoms with Crippen molar-refractivity contribution in [2.24, 2.45) is 0 Å². The minimum atomic E-state index is 0. The van der Waals surface area contributed by atoms with Crippen LogP contribution in [0.3, 0.4) is 0 Å². The molecule has 0 unspecified atom stereocenters. The third kappa shape index (κ3) is 5.47. The van der Waals surface area contributed by atoms with E-state index in [1.54, 1.807) is 0 Å². The zero-order chi connectivity index (χ0) is 8.65. The minimum absolute atomic E-state index is 0.